The second-order valence-electron chi connectivity index (χ2n) is 1.94. The summed E-state index contributed by atoms with van der Waals surface area (Å²) in [6.45, 7) is 0. The van der Waals surface area contributed by atoms with Crippen LogP contribution in [0, 0.1) is 0 Å². The van der Waals surface area contributed by atoms with Gasteiger partial charge >= 0.3 is 12.1 Å². The van der Waals surface area contributed by atoms with Crippen molar-refractivity contribution in [1.29, 1.82) is 0 Å². The molecule has 0 fully saturated rings. The zero-order valence-corrected chi connectivity index (χ0v) is 7.72. The molecule has 70 valence electrons. The molecule has 5 nitrogen and oxygen atoms in total. The number of hydrogen-bond donors (Lipinski definition) is 1. The number of methoxy groups -OCH3 is 1. The molecule has 0 aliphatic carbocycles. The van der Waals surface area contributed by atoms with Gasteiger partial charge in [-0.2, -0.15) is 11.8 Å². The second kappa shape index (κ2) is 5.84. The molecular weight excluding hydrogens is 182 g/mol. The molecule has 0 radical (unpaired) electrons. The van der Waals surface area contributed by atoms with E-state index in [9.17, 15) is 9.59 Å². The van der Waals surface area contributed by atoms with Gasteiger partial charge in [0.25, 0.3) is 0 Å². The van der Waals surface area contributed by atoms with Gasteiger partial charge in [0, 0.05) is 5.75 Å². The molecule has 0 aromatic carbocycles. The predicted molar refractivity (Wildman–Crippen MR) is 44.9 cm³/mol. The first-order valence-electron chi connectivity index (χ1n) is 3.16. The van der Waals surface area contributed by atoms with Crippen molar-refractivity contribution in [3.05, 3.63) is 0 Å². The van der Waals surface area contributed by atoms with E-state index in [-0.39, 0.29) is 0 Å². The highest BCUT2D eigenvalue weighted by molar-refractivity contribution is 7.98. The quantitative estimate of drug-likeness (QED) is 0.501. The predicted octanol–water partition coefficient (Wildman–Crippen LogP) is -0.0137. The van der Waals surface area contributed by atoms with Gasteiger partial charge in [-0.05, 0) is 6.26 Å². The van der Waals surface area contributed by atoms with Crippen LogP contribution in [0.15, 0.2) is 0 Å². The maximum atomic E-state index is 10.8. The molecule has 1 atom stereocenters. The fraction of sp³-hybridized carbons (Fsp3) is 0.667. The maximum absolute atomic E-state index is 10.8. The third kappa shape index (κ3) is 4.20. The molecule has 0 bridgehead atoms. The first-order chi connectivity index (χ1) is 5.61. The Morgan fingerprint density at radius 1 is 1.58 bits per heavy atom. The lowest BCUT2D eigenvalue weighted by Gasteiger charge is -2.06. The van der Waals surface area contributed by atoms with Crippen LogP contribution >= 0.6 is 11.8 Å². The number of carbonyl (C=O) groups excluding carboxylic acids is 2. The zero-order valence-electron chi connectivity index (χ0n) is 6.90. The molecule has 0 amide bonds. The molecule has 0 spiro atoms. The van der Waals surface area contributed by atoms with Crippen LogP contribution in [-0.2, 0) is 14.3 Å². The monoisotopic (exact) mass is 193 g/mol. The molecular formula is C6H11NO4S. The minimum absolute atomic E-state index is 0.413. The Balaban J connectivity index is 3.78. The lowest BCUT2D eigenvalue weighted by Crippen LogP contribution is -2.35. The molecule has 0 aliphatic heterocycles. The van der Waals surface area contributed by atoms with Crippen LogP contribution in [0.2, 0.25) is 0 Å². The number of esters is 1. The standard InChI is InChI=1S/C6H11NO4S/c1-10-6(9)11-5(8)4(7)3-12-2/h4H,3,7H2,1-2H3/t4-/m0/s1. The zero-order chi connectivity index (χ0) is 9.56. The Labute approximate surface area is 74.6 Å². The van der Waals surface area contributed by atoms with E-state index in [4.69, 9.17) is 5.73 Å². The largest absolute Gasteiger partial charge is 0.515 e. The topological polar surface area (TPSA) is 78.6 Å². The number of ether oxygens (including phenoxy) is 2. The van der Waals surface area contributed by atoms with Gasteiger partial charge in [0.2, 0.25) is 0 Å². The number of rotatable bonds is 3. The van der Waals surface area contributed by atoms with Gasteiger partial charge in [-0.15, -0.1) is 0 Å². The Morgan fingerprint density at radius 2 is 2.17 bits per heavy atom. The SMILES string of the molecule is COC(=O)OC(=O)[C@@H](N)CSC. The normalized spacial score (nSPS) is 11.9. The van der Waals surface area contributed by atoms with Gasteiger partial charge in [-0.25, -0.2) is 9.59 Å². The summed E-state index contributed by atoms with van der Waals surface area (Å²) < 4.78 is 8.28. The molecule has 6 heteroatoms. The van der Waals surface area contributed by atoms with Gasteiger partial charge in [0.1, 0.15) is 6.04 Å². The Bertz CT molecular complexity index is 173. The summed E-state index contributed by atoms with van der Waals surface area (Å²) in [7, 11) is 1.12. The minimum atomic E-state index is -1.03. The van der Waals surface area contributed by atoms with Crippen molar-refractivity contribution in [2.24, 2.45) is 5.73 Å². The van der Waals surface area contributed by atoms with Gasteiger partial charge in [-0.3, -0.25) is 0 Å². The van der Waals surface area contributed by atoms with Crippen LogP contribution in [-0.4, -0.2) is 37.3 Å². The summed E-state index contributed by atoms with van der Waals surface area (Å²) in [5, 5.41) is 0. The van der Waals surface area contributed by atoms with Crippen LogP contribution in [0.25, 0.3) is 0 Å². The lowest BCUT2D eigenvalue weighted by molar-refractivity contribution is -0.140. The second-order valence-corrected chi connectivity index (χ2v) is 2.85. The van der Waals surface area contributed by atoms with Gasteiger partial charge in [-0.1, -0.05) is 0 Å². The van der Waals surface area contributed by atoms with Crippen molar-refractivity contribution in [3.8, 4) is 0 Å². The molecule has 2 N–H and O–H groups in total. The van der Waals surface area contributed by atoms with E-state index < -0.39 is 18.2 Å². The van der Waals surface area contributed by atoms with Crippen molar-refractivity contribution < 1.29 is 19.1 Å². The van der Waals surface area contributed by atoms with Gasteiger partial charge in [0.15, 0.2) is 0 Å². The summed E-state index contributed by atoms with van der Waals surface area (Å²) in [6.07, 6.45) is 0.766. The Kier molecular flexibility index (Phi) is 5.48. The van der Waals surface area contributed by atoms with Crippen molar-refractivity contribution >= 4 is 23.9 Å². The third-order valence-electron chi connectivity index (χ3n) is 1.000. The van der Waals surface area contributed by atoms with E-state index in [0.29, 0.717) is 5.75 Å². The van der Waals surface area contributed by atoms with Crippen LogP contribution in [0.1, 0.15) is 0 Å². The molecule has 0 heterocycles. The molecule has 0 aromatic rings. The summed E-state index contributed by atoms with van der Waals surface area (Å²) in [5.41, 5.74) is 5.33. The van der Waals surface area contributed by atoms with E-state index in [1.807, 2.05) is 0 Å². The molecule has 0 saturated heterocycles. The maximum Gasteiger partial charge on any atom is 0.515 e. The molecule has 0 saturated carbocycles. The van der Waals surface area contributed by atoms with Crippen molar-refractivity contribution in [2.75, 3.05) is 19.1 Å². The summed E-state index contributed by atoms with van der Waals surface area (Å²) in [4.78, 5) is 21.2. The molecule has 0 aromatic heterocycles. The van der Waals surface area contributed by atoms with E-state index in [1.165, 1.54) is 11.8 Å². The third-order valence-corrected chi connectivity index (χ3v) is 1.69. The minimum Gasteiger partial charge on any atom is -0.437 e. The summed E-state index contributed by atoms with van der Waals surface area (Å²) in [5.74, 6) is -0.355. The molecule has 0 unspecified atom stereocenters. The fourth-order valence-electron chi connectivity index (χ4n) is 0.447. The first kappa shape index (κ1) is 11.2. The van der Waals surface area contributed by atoms with Crippen LogP contribution in [0.3, 0.4) is 0 Å². The fourth-order valence-corrected chi connectivity index (χ4v) is 0.942. The highest BCUT2D eigenvalue weighted by atomic mass is 32.2. The van der Waals surface area contributed by atoms with E-state index in [1.54, 1.807) is 6.26 Å². The van der Waals surface area contributed by atoms with E-state index in [2.05, 4.69) is 9.47 Å². The number of nitrogens with two attached hydrogens (primary N) is 1. The smallest absolute Gasteiger partial charge is 0.437 e. The summed E-state index contributed by atoms with van der Waals surface area (Å²) >= 11 is 1.39. The van der Waals surface area contributed by atoms with Crippen molar-refractivity contribution in [3.63, 3.8) is 0 Å². The lowest BCUT2D eigenvalue weighted by atomic mass is 10.4. The Morgan fingerprint density at radius 3 is 2.58 bits per heavy atom. The van der Waals surface area contributed by atoms with Crippen molar-refractivity contribution in [2.45, 2.75) is 6.04 Å². The van der Waals surface area contributed by atoms with Crippen molar-refractivity contribution in [1.82, 2.24) is 0 Å². The van der Waals surface area contributed by atoms with E-state index >= 15 is 0 Å². The Hall–Kier alpha value is -0.750. The average molecular weight is 193 g/mol. The number of hydrogen-bond acceptors (Lipinski definition) is 6. The average Bonchev–Trinajstić information content (AvgIpc) is 2.04. The molecule has 0 rings (SSSR count). The van der Waals surface area contributed by atoms with Crippen LogP contribution < -0.4 is 5.73 Å². The number of thioether (sulfide) groups is 1. The molecule has 0 aliphatic rings. The van der Waals surface area contributed by atoms with Crippen LogP contribution in [0.4, 0.5) is 4.79 Å². The first-order valence-corrected chi connectivity index (χ1v) is 4.55. The highest BCUT2D eigenvalue weighted by Crippen LogP contribution is 1.97. The number of carbonyl (C=O) groups is 2. The van der Waals surface area contributed by atoms with E-state index in [0.717, 1.165) is 7.11 Å². The summed E-state index contributed by atoms with van der Waals surface area (Å²) in [6, 6.07) is -0.779. The van der Waals surface area contributed by atoms with Crippen LogP contribution in [0.5, 0.6) is 0 Å². The van der Waals surface area contributed by atoms with Gasteiger partial charge in [0.05, 0.1) is 7.11 Å². The molecule has 12 heavy (non-hydrogen) atoms. The highest BCUT2D eigenvalue weighted by Gasteiger charge is 2.18. The van der Waals surface area contributed by atoms with Gasteiger partial charge < -0.3 is 15.2 Å².